The Labute approximate surface area is 160 Å². The van der Waals surface area contributed by atoms with Crippen LogP contribution in [0.3, 0.4) is 0 Å². The van der Waals surface area contributed by atoms with Crippen LogP contribution < -0.4 is 9.47 Å². The maximum Gasteiger partial charge on any atom is 0.201 e. The van der Waals surface area contributed by atoms with Gasteiger partial charge in [0.05, 0.1) is 13.7 Å². The molecule has 0 N–H and O–H groups in total. The monoisotopic (exact) mass is 386 g/mol. The number of benzene rings is 3. The highest BCUT2D eigenvalue weighted by atomic mass is 19.2. The van der Waals surface area contributed by atoms with Crippen molar-refractivity contribution in [2.24, 2.45) is 0 Å². The molecule has 3 aromatic rings. The van der Waals surface area contributed by atoms with Gasteiger partial charge in [0.25, 0.3) is 0 Å². The van der Waals surface area contributed by atoms with Crippen molar-refractivity contribution in [1.29, 1.82) is 0 Å². The van der Waals surface area contributed by atoms with Gasteiger partial charge in [0.15, 0.2) is 11.6 Å². The van der Waals surface area contributed by atoms with Crippen molar-refractivity contribution in [2.45, 2.75) is 12.7 Å². The first-order chi connectivity index (χ1) is 13.6. The minimum absolute atomic E-state index is 0.00233. The highest BCUT2D eigenvalue weighted by Crippen LogP contribution is 2.33. The molecule has 1 aliphatic rings. The maximum atomic E-state index is 14.4. The van der Waals surface area contributed by atoms with E-state index >= 15 is 0 Å². The number of hydrogen-bond donors (Lipinski definition) is 0. The molecule has 0 amide bonds. The van der Waals surface area contributed by atoms with Crippen molar-refractivity contribution >= 4 is 0 Å². The predicted molar refractivity (Wildman–Crippen MR) is 97.8 cm³/mol. The van der Waals surface area contributed by atoms with Gasteiger partial charge in [-0.2, -0.15) is 4.39 Å². The van der Waals surface area contributed by atoms with E-state index in [4.69, 9.17) is 14.2 Å². The molecule has 1 fully saturated rings. The molecule has 4 rings (SSSR count). The summed E-state index contributed by atoms with van der Waals surface area (Å²) in [5.41, 5.74) is 2.07. The van der Waals surface area contributed by atoms with Crippen LogP contribution in [-0.4, -0.2) is 13.7 Å². The number of ether oxygens (including phenoxy) is 3. The van der Waals surface area contributed by atoms with Crippen molar-refractivity contribution in [2.75, 3.05) is 13.7 Å². The SMILES string of the molecule is COc1ccc(COc2ccc(-c3ccc(C4CO4)cc3F)cc2)c(F)c1F. The fraction of sp³-hybridized carbons (Fsp3) is 0.182. The molecule has 1 saturated heterocycles. The van der Waals surface area contributed by atoms with Crippen LogP contribution in [0.15, 0.2) is 54.6 Å². The van der Waals surface area contributed by atoms with E-state index in [2.05, 4.69) is 0 Å². The Hall–Kier alpha value is -2.99. The first-order valence-electron chi connectivity index (χ1n) is 8.72. The van der Waals surface area contributed by atoms with E-state index in [0.717, 1.165) is 5.56 Å². The summed E-state index contributed by atoms with van der Waals surface area (Å²) in [6, 6.07) is 14.6. The van der Waals surface area contributed by atoms with E-state index in [-0.39, 0.29) is 29.8 Å². The van der Waals surface area contributed by atoms with Gasteiger partial charge in [-0.25, -0.2) is 8.78 Å². The Morgan fingerprint density at radius 3 is 2.36 bits per heavy atom. The van der Waals surface area contributed by atoms with E-state index in [1.54, 1.807) is 30.3 Å². The normalized spacial score (nSPS) is 15.4. The van der Waals surface area contributed by atoms with Gasteiger partial charge in [0.1, 0.15) is 24.3 Å². The Morgan fingerprint density at radius 2 is 1.71 bits per heavy atom. The van der Waals surface area contributed by atoms with E-state index in [9.17, 15) is 13.2 Å². The molecule has 0 spiro atoms. The van der Waals surface area contributed by atoms with E-state index < -0.39 is 11.6 Å². The predicted octanol–water partition coefficient (Wildman–Crippen LogP) is 5.43. The number of methoxy groups -OCH3 is 1. The molecule has 0 aliphatic carbocycles. The highest BCUT2D eigenvalue weighted by Gasteiger charge is 2.25. The lowest BCUT2D eigenvalue weighted by Crippen LogP contribution is -2.02. The summed E-state index contributed by atoms with van der Waals surface area (Å²) >= 11 is 0. The van der Waals surface area contributed by atoms with Crippen LogP contribution in [-0.2, 0) is 11.3 Å². The summed E-state index contributed by atoms with van der Waals surface area (Å²) in [6.45, 7) is 0.486. The quantitative estimate of drug-likeness (QED) is 0.530. The lowest BCUT2D eigenvalue weighted by Gasteiger charge is -2.10. The van der Waals surface area contributed by atoms with Crippen LogP contribution in [0.25, 0.3) is 11.1 Å². The second-order valence-electron chi connectivity index (χ2n) is 6.43. The molecule has 0 saturated carbocycles. The molecule has 0 bridgehead atoms. The van der Waals surface area contributed by atoms with Gasteiger partial charge in [0, 0.05) is 11.1 Å². The smallest absolute Gasteiger partial charge is 0.201 e. The maximum absolute atomic E-state index is 14.4. The minimum Gasteiger partial charge on any atom is -0.494 e. The highest BCUT2D eigenvalue weighted by molar-refractivity contribution is 5.65. The van der Waals surface area contributed by atoms with E-state index in [1.165, 1.54) is 25.3 Å². The molecule has 1 unspecified atom stereocenters. The molecule has 1 aliphatic heterocycles. The second-order valence-corrected chi connectivity index (χ2v) is 6.43. The number of hydrogen-bond acceptors (Lipinski definition) is 3. The summed E-state index contributed by atoms with van der Waals surface area (Å²) in [5.74, 6) is -2.07. The zero-order chi connectivity index (χ0) is 19.7. The zero-order valence-electron chi connectivity index (χ0n) is 15.0. The van der Waals surface area contributed by atoms with Gasteiger partial charge in [0.2, 0.25) is 5.82 Å². The molecular formula is C22H17F3O3. The Morgan fingerprint density at radius 1 is 0.964 bits per heavy atom. The molecule has 28 heavy (non-hydrogen) atoms. The number of halogens is 3. The molecule has 144 valence electrons. The van der Waals surface area contributed by atoms with Crippen LogP contribution in [0.5, 0.6) is 11.5 Å². The third kappa shape index (κ3) is 3.68. The van der Waals surface area contributed by atoms with Crippen LogP contribution in [0.4, 0.5) is 13.2 Å². The molecule has 3 aromatic carbocycles. The lowest BCUT2D eigenvalue weighted by molar-refractivity contribution is 0.294. The van der Waals surface area contributed by atoms with E-state index in [0.29, 0.717) is 23.5 Å². The third-order valence-electron chi connectivity index (χ3n) is 4.60. The molecule has 1 heterocycles. The molecule has 0 radical (unpaired) electrons. The lowest BCUT2D eigenvalue weighted by atomic mass is 10.0. The molecule has 1 atom stereocenters. The Kier molecular flexibility index (Phi) is 4.96. The molecule has 6 heteroatoms. The van der Waals surface area contributed by atoms with Crippen molar-refractivity contribution < 1.29 is 27.4 Å². The summed E-state index contributed by atoms with van der Waals surface area (Å²) in [7, 11) is 1.27. The average Bonchev–Trinajstić information content (AvgIpc) is 3.55. The fourth-order valence-corrected chi connectivity index (χ4v) is 2.94. The Balaban J connectivity index is 1.46. The molecule has 0 aromatic heterocycles. The topological polar surface area (TPSA) is 31.0 Å². The summed E-state index contributed by atoms with van der Waals surface area (Å²) in [5, 5.41) is 0. The fourth-order valence-electron chi connectivity index (χ4n) is 2.94. The van der Waals surface area contributed by atoms with Crippen molar-refractivity contribution in [3.63, 3.8) is 0 Å². The summed E-state index contributed by atoms with van der Waals surface area (Å²) in [6.07, 6.45) is 0.00233. The first kappa shape index (κ1) is 18.4. The second kappa shape index (κ2) is 7.56. The van der Waals surface area contributed by atoms with Gasteiger partial charge < -0.3 is 14.2 Å². The van der Waals surface area contributed by atoms with Crippen molar-refractivity contribution in [3.8, 4) is 22.6 Å². The standard InChI is InChI=1S/C22H17F3O3/c1-26-19-9-5-15(21(24)22(19)25)11-27-16-6-2-13(3-7-16)17-8-4-14(10-18(17)23)20-12-28-20/h2-10,20H,11-12H2,1H3. The summed E-state index contributed by atoms with van der Waals surface area (Å²) < 4.78 is 57.5. The Bertz CT molecular complexity index is 999. The van der Waals surface area contributed by atoms with Crippen molar-refractivity contribution in [1.82, 2.24) is 0 Å². The van der Waals surface area contributed by atoms with Gasteiger partial charge >= 0.3 is 0 Å². The van der Waals surface area contributed by atoms with Crippen LogP contribution in [0.2, 0.25) is 0 Å². The molecular weight excluding hydrogens is 369 g/mol. The number of rotatable bonds is 6. The van der Waals surface area contributed by atoms with Crippen LogP contribution in [0, 0.1) is 17.5 Å². The van der Waals surface area contributed by atoms with Crippen molar-refractivity contribution in [3.05, 3.63) is 83.2 Å². The number of epoxide rings is 1. The zero-order valence-corrected chi connectivity index (χ0v) is 15.0. The van der Waals surface area contributed by atoms with Gasteiger partial charge in [-0.3, -0.25) is 0 Å². The van der Waals surface area contributed by atoms with Crippen LogP contribution in [0.1, 0.15) is 17.2 Å². The average molecular weight is 386 g/mol. The van der Waals surface area contributed by atoms with Gasteiger partial charge in [-0.1, -0.05) is 24.3 Å². The third-order valence-corrected chi connectivity index (χ3v) is 4.60. The van der Waals surface area contributed by atoms with Gasteiger partial charge in [-0.15, -0.1) is 0 Å². The largest absolute Gasteiger partial charge is 0.494 e. The molecule has 3 nitrogen and oxygen atoms in total. The van der Waals surface area contributed by atoms with E-state index in [1.807, 2.05) is 6.07 Å². The van der Waals surface area contributed by atoms with Gasteiger partial charge in [-0.05, 0) is 41.5 Å². The summed E-state index contributed by atoms with van der Waals surface area (Å²) in [4.78, 5) is 0. The first-order valence-corrected chi connectivity index (χ1v) is 8.72. The van der Waals surface area contributed by atoms with Crippen LogP contribution >= 0.6 is 0 Å². The minimum atomic E-state index is -1.05.